The minimum atomic E-state index is 0.444. The molecule has 2 nitrogen and oxygen atoms in total. The molecule has 0 amide bonds. The Morgan fingerprint density at radius 2 is 2.17 bits per heavy atom. The Kier molecular flexibility index (Phi) is 2.57. The van der Waals surface area contributed by atoms with Gasteiger partial charge in [-0.15, -0.1) is 0 Å². The van der Waals surface area contributed by atoms with E-state index in [2.05, 4.69) is 0 Å². The van der Waals surface area contributed by atoms with E-state index in [0.717, 1.165) is 5.56 Å². The van der Waals surface area contributed by atoms with Crippen LogP contribution in [0.1, 0.15) is 11.1 Å². The van der Waals surface area contributed by atoms with E-state index in [1.807, 2.05) is 13.0 Å². The molecule has 0 N–H and O–H groups in total. The number of ether oxygens (including phenoxy) is 1. The maximum atomic E-state index is 8.64. The van der Waals surface area contributed by atoms with E-state index in [4.69, 9.17) is 21.6 Å². The van der Waals surface area contributed by atoms with Crippen LogP contribution in [0.5, 0.6) is 5.75 Å². The first-order chi connectivity index (χ1) is 5.69. The van der Waals surface area contributed by atoms with E-state index in [0.29, 0.717) is 16.3 Å². The molecule has 1 aromatic carbocycles. The predicted molar refractivity (Wildman–Crippen MR) is 47.5 cm³/mol. The summed E-state index contributed by atoms with van der Waals surface area (Å²) in [6.07, 6.45) is 0. The van der Waals surface area contributed by atoms with Crippen molar-refractivity contribution >= 4 is 11.6 Å². The molecular weight excluding hydrogens is 174 g/mol. The van der Waals surface area contributed by atoms with Gasteiger partial charge in [0, 0.05) is 0 Å². The molecule has 0 saturated carbocycles. The Morgan fingerprint density at radius 3 is 2.67 bits per heavy atom. The third-order valence-electron chi connectivity index (χ3n) is 1.60. The van der Waals surface area contributed by atoms with Gasteiger partial charge in [-0.1, -0.05) is 11.6 Å². The van der Waals surface area contributed by atoms with Crippen LogP contribution in [-0.4, -0.2) is 7.11 Å². The van der Waals surface area contributed by atoms with Crippen LogP contribution in [-0.2, 0) is 0 Å². The largest absolute Gasteiger partial charge is 0.496 e. The summed E-state index contributed by atoms with van der Waals surface area (Å²) < 4.78 is 5.03. The molecule has 0 fully saturated rings. The van der Waals surface area contributed by atoms with Gasteiger partial charge in [0.05, 0.1) is 17.7 Å². The average molecular weight is 182 g/mol. The molecule has 12 heavy (non-hydrogen) atoms. The number of benzene rings is 1. The van der Waals surface area contributed by atoms with E-state index in [9.17, 15) is 0 Å². The fourth-order valence-electron chi connectivity index (χ4n) is 0.958. The smallest absolute Gasteiger partial charge is 0.123 e. The lowest BCUT2D eigenvalue weighted by molar-refractivity contribution is 0.411. The number of aryl methyl sites for hydroxylation is 1. The highest BCUT2D eigenvalue weighted by atomic mass is 35.5. The molecule has 0 spiro atoms. The fraction of sp³-hybridized carbons (Fsp3) is 0.222. The third-order valence-corrected chi connectivity index (χ3v) is 1.92. The summed E-state index contributed by atoms with van der Waals surface area (Å²) >= 11 is 5.78. The zero-order valence-electron chi connectivity index (χ0n) is 6.89. The monoisotopic (exact) mass is 181 g/mol. The minimum absolute atomic E-state index is 0.444. The van der Waals surface area contributed by atoms with Crippen LogP contribution in [0.25, 0.3) is 0 Å². The number of methoxy groups -OCH3 is 1. The maximum Gasteiger partial charge on any atom is 0.123 e. The van der Waals surface area contributed by atoms with Crippen LogP contribution < -0.4 is 4.74 Å². The lowest BCUT2D eigenvalue weighted by Gasteiger charge is -2.05. The van der Waals surface area contributed by atoms with Crippen LogP contribution >= 0.6 is 11.6 Å². The number of nitrogens with zero attached hydrogens (tertiary/aromatic N) is 1. The van der Waals surface area contributed by atoms with E-state index >= 15 is 0 Å². The highest BCUT2D eigenvalue weighted by molar-refractivity contribution is 6.31. The van der Waals surface area contributed by atoms with Crippen molar-refractivity contribution in [3.63, 3.8) is 0 Å². The molecule has 0 heterocycles. The van der Waals surface area contributed by atoms with E-state index in [1.54, 1.807) is 19.2 Å². The van der Waals surface area contributed by atoms with Crippen LogP contribution in [0.4, 0.5) is 0 Å². The van der Waals surface area contributed by atoms with E-state index < -0.39 is 0 Å². The van der Waals surface area contributed by atoms with E-state index in [1.165, 1.54) is 0 Å². The molecule has 0 aliphatic heterocycles. The standard InChI is InChI=1S/C9H8ClNO/c1-6-3-8(10)7(5-11)4-9(6)12-2/h3-4H,1-2H3. The molecule has 0 radical (unpaired) electrons. The van der Waals surface area contributed by atoms with Crippen molar-refractivity contribution in [3.8, 4) is 11.8 Å². The molecule has 0 aliphatic rings. The lowest BCUT2D eigenvalue weighted by Crippen LogP contribution is -1.88. The summed E-state index contributed by atoms with van der Waals surface area (Å²) in [4.78, 5) is 0. The SMILES string of the molecule is COc1cc(C#N)c(Cl)cc1C. The van der Waals surface area contributed by atoms with Crippen molar-refractivity contribution < 1.29 is 4.74 Å². The molecule has 0 unspecified atom stereocenters. The Balaban J connectivity index is 3.30. The highest BCUT2D eigenvalue weighted by Gasteiger charge is 2.04. The van der Waals surface area contributed by atoms with E-state index in [-0.39, 0.29) is 0 Å². The van der Waals surface area contributed by atoms with Crippen molar-refractivity contribution in [1.82, 2.24) is 0 Å². The number of rotatable bonds is 1. The van der Waals surface area contributed by atoms with Gasteiger partial charge in [-0.2, -0.15) is 5.26 Å². The highest BCUT2D eigenvalue weighted by Crippen LogP contribution is 2.25. The fourth-order valence-corrected chi connectivity index (χ4v) is 1.22. The Hall–Kier alpha value is -1.20. The number of hydrogen-bond donors (Lipinski definition) is 0. The molecule has 1 aromatic rings. The van der Waals surface area contributed by atoms with Gasteiger partial charge >= 0.3 is 0 Å². The summed E-state index contributed by atoms with van der Waals surface area (Å²) in [6.45, 7) is 1.88. The maximum absolute atomic E-state index is 8.64. The van der Waals surface area contributed by atoms with Gasteiger partial charge in [-0.3, -0.25) is 0 Å². The Bertz CT molecular complexity index is 341. The van der Waals surface area contributed by atoms with Crippen LogP contribution in [0.15, 0.2) is 12.1 Å². The average Bonchev–Trinajstić information content (AvgIpc) is 2.05. The molecule has 1 rings (SSSR count). The summed E-state index contributed by atoms with van der Waals surface area (Å²) in [5.74, 6) is 0.691. The number of nitriles is 1. The van der Waals surface area contributed by atoms with Gasteiger partial charge in [0.25, 0.3) is 0 Å². The Labute approximate surface area is 76.3 Å². The van der Waals surface area contributed by atoms with Gasteiger partial charge in [0.15, 0.2) is 0 Å². The molecule has 0 aromatic heterocycles. The van der Waals surface area contributed by atoms with Crippen molar-refractivity contribution in [2.45, 2.75) is 6.92 Å². The second kappa shape index (κ2) is 3.46. The second-order valence-electron chi connectivity index (χ2n) is 2.41. The zero-order chi connectivity index (χ0) is 9.14. The first-order valence-corrected chi connectivity index (χ1v) is 3.81. The van der Waals surface area contributed by atoms with Crippen LogP contribution in [0.2, 0.25) is 5.02 Å². The molecule has 3 heteroatoms. The van der Waals surface area contributed by atoms with Crippen molar-refractivity contribution in [3.05, 3.63) is 28.3 Å². The molecule has 0 bridgehead atoms. The summed E-state index contributed by atoms with van der Waals surface area (Å²) in [7, 11) is 1.57. The summed E-state index contributed by atoms with van der Waals surface area (Å²) in [5, 5.41) is 9.11. The third kappa shape index (κ3) is 1.51. The van der Waals surface area contributed by atoms with Crippen LogP contribution in [0, 0.1) is 18.3 Å². The lowest BCUT2D eigenvalue weighted by atomic mass is 10.1. The number of hydrogen-bond acceptors (Lipinski definition) is 2. The molecule has 0 aliphatic carbocycles. The van der Waals surface area contributed by atoms with Gasteiger partial charge in [0.1, 0.15) is 11.8 Å². The quantitative estimate of drug-likeness (QED) is 0.667. The van der Waals surface area contributed by atoms with Gasteiger partial charge in [-0.25, -0.2) is 0 Å². The second-order valence-corrected chi connectivity index (χ2v) is 2.82. The minimum Gasteiger partial charge on any atom is -0.496 e. The van der Waals surface area contributed by atoms with Gasteiger partial charge < -0.3 is 4.74 Å². The van der Waals surface area contributed by atoms with Crippen molar-refractivity contribution in [1.29, 1.82) is 5.26 Å². The first-order valence-electron chi connectivity index (χ1n) is 3.43. The predicted octanol–water partition coefficient (Wildman–Crippen LogP) is 2.53. The molecule has 0 atom stereocenters. The van der Waals surface area contributed by atoms with Crippen LogP contribution in [0.3, 0.4) is 0 Å². The first kappa shape index (κ1) is 8.89. The summed E-state index contributed by atoms with van der Waals surface area (Å²) in [5.41, 5.74) is 1.38. The topological polar surface area (TPSA) is 33.0 Å². The normalized spacial score (nSPS) is 9.17. The van der Waals surface area contributed by atoms with Gasteiger partial charge in [0.2, 0.25) is 0 Å². The molecule has 62 valence electrons. The number of halogens is 1. The zero-order valence-corrected chi connectivity index (χ0v) is 7.64. The van der Waals surface area contributed by atoms with Gasteiger partial charge in [-0.05, 0) is 24.6 Å². The summed E-state index contributed by atoms with van der Waals surface area (Å²) in [6, 6.07) is 5.34. The Morgan fingerprint density at radius 1 is 1.50 bits per heavy atom. The molecular formula is C9H8ClNO. The van der Waals surface area contributed by atoms with Crippen molar-refractivity contribution in [2.75, 3.05) is 7.11 Å². The van der Waals surface area contributed by atoms with Crippen molar-refractivity contribution in [2.24, 2.45) is 0 Å². The molecule has 0 saturated heterocycles.